The Hall–Kier alpha value is -3.13. The molecule has 0 fully saturated rings. The van der Waals surface area contributed by atoms with E-state index in [1.165, 1.54) is 12.5 Å². The Morgan fingerprint density at radius 2 is 2.21 bits per heavy atom. The highest BCUT2D eigenvalue weighted by atomic mass is 16.5. The number of nitrogens with one attached hydrogen (secondary N) is 2. The number of furan rings is 1. The molecular formula is C16H16N4O4. The van der Waals surface area contributed by atoms with Gasteiger partial charge in [0.05, 0.1) is 25.0 Å². The summed E-state index contributed by atoms with van der Waals surface area (Å²) < 4.78 is 10.1. The molecule has 124 valence electrons. The molecule has 8 nitrogen and oxygen atoms in total. The molecule has 0 bridgehead atoms. The van der Waals surface area contributed by atoms with Gasteiger partial charge in [-0.1, -0.05) is 11.2 Å². The molecule has 0 saturated heterocycles. The van der Waals surface area contributed by atoms with Gasteiger partial charge in [-0.05, 0) is 24.3 Å². The van der Waals surface area contributed by atoms with Gasteiger partial charge in [0.2, 0.25) is 11.7 Å². The molecular weight excluding hydrogens is 312 g/mol. The first-order valence-electron chi connectivity index (χ1n) is 7.34. The number of aromatic nitrogens is 2. The maximum absolute atomic E-state index is 11.9. The summed E-state index contributed by atoms with van der Waals surface area (Å²) in [5.41, 5.74) is 1.99. The number of rotatable bonds is 7. The minimum absolute atomic E-state index is 0.0974. The van der Waals surface area contributed by atoms with Crippen LogP contribution in [0.4, 0.5) is 5.69 Å². The van der Waals surface area contributed by atoms with Crippen LogP contribution in [0.25, 0.3) is 11.4 Å². The third-order valence-corrected chi connectivity index (χ3v) is 3.21. The molecule has 8 heteroatoms. The van der Waals surface area contributed by atoms with Crippen LogP contribution >= 0.6 is 0 Å². The summed E-state index contributed by atoms with van der Waals surface area (Å²) in [7, 11) is 0. The van der Waals surface area contributed by atoms with Crippen molar-refractivity contribution in [2.45, 2.75) is 6.54 Å². The molecule has 0 aliphatic carbocycles. The smallest absolute Gasteiger partial charge is 0.251 e. The Morgan fingerprint density at radius 3 is 3.00 bits per heavy atom. The first kappa shape index (κ1) is 15.8. The second kappa shape index (κ2) is 7.42. The van der Waals surface area contributed by atoms with Gasteiger partial charge in [-0.3, -0.25) is 4.79 Å². The number of hydrogen-bond donors (Lipinski definition) is 3. The number of aliphatic hydroxyl groups is 1. The summed E-state index contributed by atoms with van der Waals surface area (Å²) in [6, 6.07) is 8.75. The van der Waals surface area contributed by atoms with Crippen LogP contribution in [0.1, 0.15) is 16.2 Å². The number of carbonyl (C=O) groups excluding carboxylic acids is 1. The second-order valence-electron chi connectivity index (χ2n) is 4.94. The van der Waals surface area contributed by atoms with E-state index in [0.717, 1.165) is 11.3 Å². The van der Waals surface area contributed by atoms with Crippen LogP contribution in [0.5, 0.6) is 0 Å². The van der Waals surface area contributed by atoms with E-state index >= 15 is 0 Å². The summed E-state index contributed by atoms with van der Waals surface area (Å²) in [5.74, 6) is 0.631. The molecule has 0 spiro atoms. The van der Waals surface area contributed by atoms with E-state index < -0.39 is 0 Å². The van der Waals surface area contributed by atoms with Gasteiger partial charge < -0.3 is 24.7 Å². The van der Waals surface area contributed by atoms with Crippen molar-refractivity contribution in [3.63, 3.8) is 0 Å². The molecule has 0 saturated carbocycles. The molecule has 24 heavy (non-hydrogen) atoms. The van der Waals surface area contributed by atoms with Gasteiger partial charge in [0.25, 0.3) is 5.91 Å². The summed E-state index contributed by atoms with van der Waals surface area (Å²) in [5, 5.41) is 18.3. The molecule has 0 atom stereocenters. The van der Waals surface area contributed by atoms with E-state index in [1.807, 2.05) is 6.07 Å². The number of amides is 1. The quantitative estimate of drug-likeness (QED) is 0.604. The Labute approximate surface area is 137 Å². The minimum Gasteiger partial charge on any atom is -0.472 e. The van der Waals surface area contributed by atoms with Gasteiger partial charge in [-0.2, -0.15) is 4.98 Å². The number of benzene rings is 1. The van der Waals surface area contributed by atoms with Crippen molar-refractivity contribution in [3.05, 3.63) is 54.3 Å². The van der Waals surface area contributed by atoms with E-state index in [1.54, 1.807) is 24.3 Å². The summed E-state index contributed by atoms with van der Waals surface area (Å²) in [6.07, 6.45) is 3.08. The van der Waals surface area contributed by atoms with Crippen LogP contribution in [-0.2, 0) is 6.54 Å². The zero-order valence-corrected chi connectivity index (χ0v) is 12.7. The molecule has 3 N–H and O–H groups in total. The lowest BCUT2D eigenvalue weighted by Crippen LogP contribution is -2.26. The number of aliphatic hydroxyl groups excluding tert-OH is 1. The first-order chi connectivity index (χ1) is 11.8. The minimum atomic E-state index is -0.243. The van der Waals surface area contributed by atoms with E-state index in [9.17, 15) is 4.79 Å². The molecule has 2 heterocycles. The fraction of sp³-hybridized carbons (Fsp3) is 0.188. The van der Waals surface area contributed by atoms with Gasteiger partial charge in [0.15, 0.2) is 0 Å². The normalized spacial score (nSPS) is 10.5. The van der Waals surface area contributed by atoms with Crippen molar-refractivity contribution in [1.82, 2.24) is 15.5 Å². The van der Waals surface area contributed by atoms with E-state index in [-0.39, 0.29) is 19.1 Å². The average molecular weight is 328 g/mol. The molecule has 3 rings (SSSR count). The van der Waals surface area contributed by atoms with E-state index in [4.69, 9.17) is 14.0 Å². The molecule has 0 unspecified atom stereocenters. The lowest BCUT2D eigenvalue weighted by molar-refractivity contribution is 0.0945. The van der Waals surface area contributed by atoms with Gasteiger partial charge in [-0.15, -0.1) is 0 Å². The van der Waals surface area contributed by atoms with Crippen molar-refractivity contribution >= 4 is 11.6 Å². The van der Waals surface area contributed by atoms with Crippen LogP contribution in [0, 0.1) is 0 Å². The third-order valence-electron chi connectivity index (χ3n) is 3.21. The van der Waals surface area contributed by atoms with Crippen LogP contribution < -0.4 is 10.6 Å². The van der Waals surface area contributed by atoms with Gasteiger partial charge >= 0.3 is 0 Å². The van der Waals surface area contributed by atoms with Crippen LogP contribution in [0.15, 0.2) is 51.8 Å². The van der Waals surface area contributed by atoms with Gasteiger partial charge in [0, 0.05) is 17.8 Å². The largest absolute Gasteiger partial charge is 0.472 e. The summed E-state index contributed by atoms with van der Waals surface area (Å²) in [6.45, 7) is 0.446. The maximum Gasteiger partial charge on any atom is 0.251 e. The summed E-state index contributed by atoms with van der Waals surface area (Å²) >= 11 is 0. The standard InChI is InChI=1S/C16H16N4O4/c21-6-5-17-16(22)11-2-1-3-13(8-11)18-9-14-19-15(20-24-14)12-4-7-23-10-12/h1-4,7-8,10,18,21H,5-6,9H2,(H,17,22). The van der Waals surface area contributed by atoms with Crippen LogP contribution in [0.3, 0.4) is 0 Å². The fourth-order valence-corrected chi connectivity index (χ4v) is 2.06. The van der Waals surface area contributed by atoms with Crippen molar-refractivity contribution < 1.29 is 18.8 Å². The lowest BCUT2D eigenvalue weighted by Gasteiger charge is -2.07. The Kier molecular flexibility index (Phi) is 4.87. The van der Waals surface area contributed by atoms with Crippen LogP contribution in [0.2, 0.25) is 0 Å². The van der Waals surface area contributed by atoms with E-state index in [0.29, 0.717) is 23.8 Å². The van der Waals surface area contributed by atoms with Crippen molar-refractivity contribution in [2.24, 2.45) is 0 Å². The monoisotopic (exact) mass is 328 g/mol. The maximum atomic E-state index is 11.9. The molecule has 0 radical (unpaired) electrons. The zero-order chi connectivity index (χ0) is 16.8. The van der Waals surface area contributed by atoms with Crippen molar-refractivity contribution in [1.29, 1.82) is 0 Å². The Bertz CT molecular complexity index is 798. The predicted molar refractivity (Wildman–Crippen MR) is 85.2 cm³/mol. The molecule has 2 aromatic heterocycles. The fourth-order valence-electron chi connectivity index (χ4n) is 2.06. The number of anilines is 1. The third kappa shape index (κ3) is 3.79. The van der Waals surface area contributed by atoms with Crippen LogP contribution in [-0.4, -0.2) is 34.3 Å². The van der Waals surface area contributed by atoms with Gasteiger partial charge in [0.1, 0.15) is 6.26 Å². The van der Waals surface area contributed by atoms with E-state index in [2.05, 4.69) is 20.8 Å². The Morgan fingerprint density at radius 1 is 1.29 bits per heavy atom. The molecule has 1 amide bonds. The molecule has 0 aliphatic rings. The SMILES string of the molecule is O=C(NCCO)c1cccc(NCc2nc(-c3ccoc3)no2)c1. The highest BCUT2D eigenvalue weighted by Gasteiger charge is 2.10. The zero-order valence-electron chi connectivity index (χ0n) is 12.7. The highest BCUT2D eigenvalue weighted by Crippen LogP contribution is 2.17. The number of carbonyl (C=O) groups is 1. The summed E-state index contributed by atoms with van der Waals surface area (Å²) in [4.78, 5) is 16.1. The van der Waals surface area contributed by atoms with Crippen molar-refractivity contribution in [3.8, 4) is 11.4 Å². The first-order valence-corrected chi connectivity index (χ1v) is 7.34. The van der Waals surface area contributed by atoms with Gasteiger partial charge in [-0.25, -0.2) is 0 Å². The number of nitrogens with zero attached hydrogens (tertiary/aromatic N) is 2. The van der Waals surface area contributed by atoms with Crippen molar-refractivity contribution in [2.75, 3.05) is 18.5 Å². The molecule has 1 aromatic carbocycles. The second-order valence-corrected chi connectivity index (χ2v) is 4.94. The average Bonchev–Trinajstić information content (AvgIpc) is 3.29. The lowest BCUT2D eigenvalue weighted by atomic mass is 10.2. The molecule has 0 aliphatic heterocycles. The number of hydrogen-bond acceptors (Lipinski definition) is 7. The topological polar surface area (TPSA) is 113 Å². The Balaban J connectivity index is 1.61. The predicted octanol–water partition coefficient (Wildman–Crippen LogP) is 1.66. The molecule has 3 aromatic rings. The highest BCUT2D eigenvalue weighted by molar-refractivity contribution is 5.95.